The Morgan fingerprint density at radius 1 is 0.938 bits per heavy atom. The number of amides is 2. The molecule has 2 aromatic heterocycles. The molecule has 0 aliphatic carbocycles. The Morgan fingerprint density at radius 2 is 1.69 bits per heavy atom. The van der Waals surface area contributed by atoms with Crippen LogP contribution in [-0.2, 0) is 6.54 Å². The Balaban J connectivity index is 1.30. The monoisotopic (exact) mass is 427 g/mol. The van der Waals surface area contributed by atoms with Crippen molar-refractivity contribution < 1.29 is 14.0 Å². The van der Waals surface area contributed by atoms with Gasteiger partial charge in [0.05, 0.1) is 6.26 Å². The minimum absolute atomic E-state index is 0.0336. The van der Waals surface area contributed by atoms with E-state index in [4.69, 9.17) is 4.42 Å². The maximum Gasteiger partial charge on any atom is 0.289 e. The van der Waals surface area contributed by atoms with Crippen LogP contribution in [0.5, 0.6) is 0 Å². The van der Waals surface area contributed by atoms with E-state index in [2.05, 4.69) is 22.0 Å². The van der Waals surface area contributed by atoms with Crippen molar-refractivity contribution in [3.63, 3.8) is 0 Å². The van der Waals surface area contributed by atoms with Crippen LogP contribution >= 0.6 is 0 Å². The number of carbonyl (C=O) groups excluding carboxylic acids is 2. The first-order valence-corrected chi connectivity index (χ1v) is 10.9. The molecule has 4 aromatic rings. The number of hydrogen-bond acceptors (Lipinski definition) is 3. The normalized spacial score (nSPS) is 14.6. The molecule has 0 unspecified atom stereocenters. The first kappa shape index (κ1) is 20.1. The fraction of sp³-hybridized carbons (Fsp3) is 0.231. The van der Waals surface area contributed by atoms with Gasteiger partial charge in [-0.25, -0.2) is 0 Å². The van der Waals surface area contributed by atoms with E-state index < -0.39 is 0 Å². The highest BCUT2D eigenvalue weighted by molar-refractivity contribution is 5.99. The molecule has 0 radical (unpaired) electrons. The van der Waals surface area contributed by atoms with Gasteiger partial charge in [0.2, 0.25) is 0 Å². The molecule has 1 aliphatic heterocycles. The standard InChI is InChI=1S/C26H25N3O3/c30-25(27-21-12-14-28(15-13-21)26(31)24-11-6-16-32-24)23-17-20-9-4-5-10-22(20)29(23)18-19-7-2-1-3-8-19/h1-11,16-17,21H,12-15,18H2,(H,27,30). The number of furan rings is 1. The average molecular weight is 428 g/mol. The predicted octanol–water partition coefficient (Wildman–Crippen LogP) is 4.32. The minimum Gasteiger partial charge on any atom is -0.459 e. The minimum atomic E-state index is -0.0947. The van der Waals surface area contributed by atoms with Crippen LogP contribution in [0.15, 0.2) is 83.5 Å². The van der Waals surface area contributed by atoms with Crippen LogP contribution in [0, 0.1) is 0 Å². The smallest absolute Gasteiger partial charge is 0.289 e. The number of rotatable bonds is 5. The Kier molecular flexibility index (Phi) is 5.50. The van der Waals surface area contributed by atoms with E-state index in [9.17, 15) is 9.59 Å². The SMILES string of the molecule is O=C(NC1CCN(C(=O)c2ccco2)CC1)c1cc2ccccc2n1Cc1ccccc1. The van der Waals surface area contributed by atoms with Crippen LogP contribution in [0.3, 0.4) is 0 Å². The number of aromatic nitrogens is 1. The summed E-state index contributed by atoms with van der Waals surface area (Å²) in [5, 5.41) is 4.24. The molecule has 0 bridgehead atoms. The largest absolute Gasteiger partial charge is 0.459 e. The Bertz CT molecular complexity index is 1220. The van der Waals surface area contributed by atoms with E-state index in [0.717, 1.165) is 29.3 Å². The summed E-state index contributed by atoms with van der Waals surface area (Å²) in [5.74, 6) is 0.189. The third-order valence-electron chi connectivity index (χ3n) is 6.08. The maximum atomic E-state index is 13.3. The number of para-hydroxylation sites is 1. The first-order chi connectivity index (χ1) is 15.7. The van der Waals surface area contributed by atoms with Gasteiger partial charge in [-0.3, -0.25) is 9.59 Å². The second-order valence-electron chi connectivity index (χ2n) is 8.18. The quantitative estimate of drug-likeness (QED) is 0.516. The molecule has 32 heavy (non-hydrogen) atoms. The fourth-order valence-corrected chi connectivity index (χ4v) is 4.38. The number of nitrogens with one attached hydrogen (secondary N) is 1. The summed E-state index contributed by atoms with van der Waals surface area (Å²) in [6.45, 7) is 1.82. The number of carbonyl (C=O) groups is 2. The van der Waals surface area contributed by atoms with Gasteiger partial charge in [0, 0.05) is 36.6 Å². The molecule has 2 aromatic carbocycles. The molecule has 0 spiro atoms. The van der Waals surface area contributed by atoms with E-state index in [1.54, 1.807) is 17.0 Å². The third-order valence-corrected chi connectivity index (χ3v) is 6.08. The molecule has 1 N–H and O–H groups in total. The van der Waals surface area contributed by atoms with Crippen molar-refractivity contribution in [1.82, 2.24) is 14.8 Å². The predicted molar refractivity (Wildman–Crippen MR) is 123 cm³/mol. The number of piperidine rings is 1. The van der Waals surface area contributed by atoms with Crippen molar-refractivity contribution in [1.29, 1.82) is 0 Å². The number of hydrogen-bond donors (Lipinski definition) is 1. The average Bonchev–Trinajstić information content (AvgIpc) is 3.49. The van der Waals surface area contributed by atoms with E-state index >= 15 is 0 Å². The van der Waals surface area contributed by atoms with Crippen LogP contribution < -0.4 is 5.32 Å². The van der Waals surface area contributed by atoms with Crippen LogP contribution in [0.4, 0.5) is 0 Å². The second-order valence-corrected chi connectivity index (χ2v) is 8.18. The molecule has 1 fully saturated rings. The lowest BCUT2D eigenvalue weighted by Crippen LogP contribution is -2.46. The molecule has 6 heteroatoms. The molecule has 0 atom stereocenters. The van der Waals surface area contributed by atoms with Crippen molar-refractivity contribution in [3.05, 3.63) is 96.1 Å². The molecule has 1 saturated heterocycles. The van der Waals surface area contributed by atoms with Gasteiger partial charge in [-0.1, -0.05) is 48.5 Å². The van der Waals surface area contributed by atoms with Crippen molar-refractivity contribution in [2.24, 2.45) is 0 Å². The van der Waals surface area contributed by atoms with Gasteiger partial charge in [-0.05, 0) is 42.7 Å². The van der Waals surface area contributed by atoms with Gasteiger partial charge in [0.1, 0.15) is 5.69 Å². The zero-order chi connectivity index (χ0) is 21.9. The maximum absolute atomic E-state index is 13.3. The van der Waals surface area contributed by atoms with Crippen LogP contribution in [-0.4, -0.2) is 40.4 Å². The lowest BCUT2D eigenvalue weighted by atomic mass is 10.0. The summed E-state index contributed by atoms with van der Waals surface area (Å²) in [6.07, 6.45) is 2.95. The van der Waals surface area contributed by atoms with E-state index in [1.807, 2.05) is 48.5 Å². The summed E-state index contributed by atoms with van der Waals surface area (Å²) < 4.78 is 7.30. The molecule has 2 amide bonds. The van der Waals surface area contributed by atoms with E-state index in [0.29, 0.717) is 31.1 Å². The van der Waals surface area contributed by atoms with Crippen LogP contribution in [0.25, 0.3) is 10.9 Å². The van der Waals surface area contributed by atoms with Crippen molar-refractivity contribution in [2.75, 3.05) is 13.1 Å². The van der Waals surface area contributed by atoms with Gasteiger partial charge >= 0.3 is 0 Å². The van der Waals surface area contributed by atoms with E-state index in [-0.39, 0.29) is 17.9 Å². The Hall–Kier alpha value is -3.80. The summed E-state index contributed by atoms with van der Waals surface area (Å²) in [4.78, 5) is 27.5. The van der Waals surface area contributed by atoms with Gasteiger partial charge < -0.3 is 19.2 Å². The zero-order valence-corrected chi connectivity index (χ0v) is 17.7. The summed E-state index contributed by atoms with van der Waals surface area (Å²) in [7, 11) is 0. The van der Waals surface area contributed by atoms with Crippen LogP contribution in [0.1, 0.15) is 39.4 Å². The summed E-state index contributed by atoms with van der Waals surface area (Å²) in [6, 6.07) is 23.6. The summed E-state index contributed by atoms with van der Waals surface area (Å²) >= 11 is 0. The first-order valence-electron chi connectivity index (χ1n) is 10.9. The lowest BCUT2D eigenvalue weighted by Gasteiger charge is -2.32. The number of benzene rings is 2. The number of fused-ring (bicyclic) bond motifs is 1. The van der Waals surface area contributed by atoms with Crippen molar-refractivity contribution in [2.45, 2.75) is 25.4 Å². The molecule has 5 rings (SSSR count). The molecule has 3 heterocycles. The molecule has 162 valence electrons. The summed E-state index contributed by atoms with van der Waals surface area (Å²) in [5.41, 5.74) is 2.84. The van der Waals surface area contributed by atoms with Gasteiger partial charge in [0.25, 0.3) is 11.8 Å². The second kappa shape index (κ2) is 8.75. The highest BCUT2D eigenvalue weighted by Crippen LogP contribution is 2.22. The molecule has 6 nitrogen and oxygen atoms in total. The Labute approximate surface area is 186 Å². The van der Waals surface area contributed by atoms with E-state index in [1.165, 1.54) is 6.26 Å². The number of likely N-dealkylation sites (tertiary alicyclic amines) is 1. The lowest BCUT2D eigenvalue weighted by molar-refractivity contribution is 0.0667. The van der Waals surface area contributed by atoms with Crippen LogP contribution in [0.2, 0.25) is 0 Å². The molecular weight excluding hydrogens is 402 g/mol. The van der Waals surface area contributed by atoms with Crippen molar-refractivity contribution in [3.8, 4) is 0 Å². The van der Waals surface area contributed by atoms with Gasteiger partial charge in [-0.2, -0.15) is 0 Å². The third kappa shape index (κ3) is 4.04. The fourth-order valence-electron chi connectivity index (χ4n) is 4.38. The highest BCUT2D eigenvalue weighted by Gasteiger charge is 2.27. The number of nitrogens with zero attached hydrogens (tertiary/aromatic N) is 2. The van der Waals surface area contributed by atoms with Gasteiger partial charge in [-0.15, -0.1) is 0 Å². The molecule has 0 saturated carbocycles. The zero-order valence-electron chi connectivity index (χ0n) is 17.7. The molecular formula is C26H25N3O3. The van der Waals surface area contributed by atoms with Crippen molar-refractivity contribution >= 4 is 22.7 Å². The Morgan fingerprint density at radius 3 is 2.44 bits per heavy atom. The highest BCUT2D eigenvalue weighted by atomic mass is 16.3. The van der Waals surface area contributed by atoms with Gasteiger partial charge in [0.15, 0.2) is 5.76 Å². The topological polar surface area (TPSA) is 67.5 Å². The molecule has 1 aliphatic rings.